The Morgan fingerprint density at radius 1 is 1.56 bits per heavy atom. The fourth-order valence-corrected chi connectivity index (χ4v) is 1.66. The van der Waals surface area contributed by atoms with Gasteiger partial charge in [-0.2, -0.15) is 0 Å². The summed E-state index contributed by atoms with van der Waals surface area (Å²) in [7, 11) is 0. The third kappa shape index (κ3) is 2.05. The number of aromatic nitrogens is 2. The fourth-order valence-electron chi connectivity index (χ4n) is 1.66. The van der Waals surface area contributed by atoms with E-state index in [1.54, 1.807) is 6.92 Å². The van der Waals surface area contributed by atoms with Gasteiger partial charge in [0.2, 0.25) is 0 Å². The predicted molar refractivity (Wildman–Crippen MR) is 60.3 cm³/mol. The van der Waals surface area contributed by atoms with Crippen molar-refractivity contribution < 1.29 is 9.90 Å². The minimum absolute atomic E-state index is 0.311. The second kappa shape index (κ2) is 4.35. The lowest BCUT2D eigenvalue weighted by Crippen LogP contribution is -2.10. The average Bonchev–Trinajstić information content (AvgIpc) is 2.69. The number of carbonyl (C=O) groups is 1. The summed E-state index contributed by atoms with van der Waals surface area (Å²) in [5.74, 6) is -1.05. The van der Waals surface area contributed by atoms with Crippen LogP contribution in [-0.2, 0) is 11.2 Å². The van der Waals surface area contributed by atoms with Gasteiger partial charge in [-0.25, -0.2) is 4.98 Å². The molecule has 1 N–H and O–H groups in total. The molecule has 0 amide bonds. The van der Waals surface area contributed by atoms with Gasteiger partial charge in [0.05, 0.1) is 5.92 Å². The number of hydrogen-bond donors (Lipinski definition) is 1. The Bertz CT molecular complexity index is 504. The molecule has 4 heteroatoms. The number of carboxylic acids is 1. The molecule has 16 heavy (non-hydrogen) atoms. The zero-order valence-corrected chi connectivity index (χ0v) is 9.13. The zero-order chi connectivity index (χ0) is 11.5. The van der Waals surface area contributed by atoms with E-state index >= 15 is 0 Å². The molecule has 0 aromatic carbocycles. The van der Waals surface area contributed by atoms with Crippen LogP contribution in [0.25, 0.3) is 5.65 Å². The quantitative estimate of drug-likeness (QED) is 0.853. The molecule has 0 aliphatic rings. The van der Waals surface area contributed by atoms with Crippen LogP contribution in [-0.4, -0.2) is 20.5 Å². The highest BCUT2D eigenvalue weighted by Gasteiger charge is 2.11. The van der Waals surface area contributed by atoms with E-state index in [1.165, 1.54) is 0 Å². The third-order valence-corrected chi connectivity index (χ3v) is 2.75. The predicted octanol–water partition coefficient (Wildman–Crippen LogP) is 1.99. The minimum atomic E-state index is -0.742. The van der Waals surface area contributed by atoms with Crippen LogP contribution >= 0.6 is 0 Å². The van der Waals surface area contributed by atoms with E-state index in [-0.39, 0.29) is 5.92 Å². The van der Waals surface area contributed by atoms with E-state index in [4.69, 9.17) is 5.11 Å². The number of aliphatic carboxylic acids is 1. The fraction of sp³-hybridized carbons (Fsp3) is 0.333. The molecule has 0 radical (unpaired) electrons. The first-order chi connectivity index (χ1) is 7.68. The van der Waals surface area contributed by atoms with Crippen molar-refractivity contribution in [1.82, 2.24) is 9.38 Å². The molecule has 0 saturated carbocycles. The Labute approximate surface area is 93.5 Å². The summed E-state index contributed by atoms with van der Waals surface area (Å²) in [6.45, 7) is 1.73. The summed E-state index contributed by atoms with van der Waals surface area (Å²) in [6.07, 6.45) is 5.13. The van der Waals surface area contributed by atoms with Crippen LogP contribution < -0.4 is 0 Å². The smallest absolute Gasteiger partial charge is 0.306 e. The number of nitrogens with zero attached hydrogens (tertiary/aromatic N) is 2. The molecular formula is C12H14N2O2. The zero-order valence-electron chi connectivity index (χ0n) is 9.13. The monoisotopic (exact) mass is 218 g/mol. The van der Waals surface area contributed by atoms with Gasteiger partial charge in [-0.05, 0) is 25.0 Å². The average molecular weight is 218 g/mol. The number of imidazole rings is 1. The summed E-state index contributed by atoms with van der Waals surface area (Å²) in [5.41, 5.74) is 1.96. The second-order valence-electron chi connectivity index (χ2n) is 3.96. The summed E-state index contributed by atoms with van der Waals surface area (Å²) < 4.78 is 1.99. The molecule has 2 heterocycles. The molecular weight excluding hydrogens is 204 g/mol. The Kier molecular flexibility index (Phi) is 2.90. The van der Waals surface area contributed by atoms with Gasteiger partial charge >= 0.3 is 5.97 Å². The standard InChI is InChI=1S/C12H14N2O2/c1-9(12(15)16)5-6-10-8-13-11-4-2-3-7-14(10)11/h2-4,7-9H,5-6H2,1H3,(H,15,16). The molecule has 1 atom stereocenters. The van der Waals surface area contributed by atoms with Crippen LogP contribution in [0.3, 0.4) is 0 Å². The molecule has 4 nitrogen and oxygen atoms in total. The van der Waals surface area contributed by atoms with Crippen LogP contribution in [0.15, 0.2) is 30.6 Å². The van der Waals surface area contributed by atoms with Crippen molar-refractivity contribution >= 4 is 11.6 Å². The van der Waals surface area contributed by atoms with Crippen molar-refractivity contribution in [2.24, 2.45) is 5.92 Å². The van der Waals surface area contributed by atoms with Crippen LogP contribution in [0.2, 0.25) is 0 Å². The topological polar surface area (TPSA) is 54.6 Å². The van der Waals surface area contributed by atoms with Gasteiger partial charge in [-0.1, -0.05) is 13.0 Å². The van der Waals surface area contributed by atoms with E-state index in [9.17, 15) is 4.79 Å². The molecule has 0 aliphatic heterocycles. The molecule has 0 aliphatic carbocycles. The van der Waals surface area contributed by atoms with Crippen molar-refractivity contribution in [2.45, 2.75) is 19.8 Å². The van der Waals surface area contributed by atoms with E-state index in [1.807, 2.05) is 35.0 Å². The highest BCUT2D eigenvalue weighted by atomic mass is 16.4. The van der Waals surface area contributed by atoms with Gasteiger partial charge in [-0.15, -0.1) is 0 Å². The van der Waals surface area contributed by atoms with E-state index in [0.717, 1.165) is 17.8 Å². The van der Waals surface area contributed by atoms with Crippen molar-refractivity contribution in [3.8, 4) is 0 Å². The highest BCUT2D eigenvalue weighted by Crippen LogP contribution is 2.12. The van der Waals surface area contributed by atoms with Crippen molar-refractivity contribution in [1.29, 1.82) is 0 Å². The maximum atomic E-state index is 10.7. The van der Waals surface area contributed by atoms with Crippen molar-refractivity contribution in [2.75, 3.05) is 0 Å². The molecule has 84 valence electrons. The first kappa shape index (κ1) is 10.7. The lowest BCUT2D eigenvalue weighted by molar-refractivity contribution is -0.141. The maximum Gasteiger partial charge on any atom is 0.306 e. The molecule has 2 rings (SSSR count). The SMILES string of the molecule is CC(CCc1cnc2ccccn12)C(=O)O. The molecule has 0 saturated heterocycles. The van der Waals surface area contributed by atoms with Crippen LogP contribution in [0.1, 0.15) is 19.0 Å². The van der Waals surface area contributed by atoms with E-state index in [0.29, 0.717) is 6.42 Å². The molecule has 0 spiro atoms. The number of aryl methyl sites for hydroxylation is 1. The van der Waals surface area contributed by atoms with Crippen molar-refractivity contribution in [3.63, 3.8) is 0 Å². The number of rotatable bonds is 4. The second-order valence-corrected chi connectivity index (χ2v) is 3.96. The summed E-state index contributed by atoms with van der Waals surface area (Å²) in [4.78, 5) is 15.0. The van der Waals surface area contributed by atoms with Gasteiger partial charge in [0, 0.05) is 18.1 Å². The summed E-state index contributed by atoms with van der Waals surface area (Å²) in [6, 6.07) is 5.81. The summed E-state index contributed by atoms with van der Waals surface area (Å²) in [5, 5.41) is 8.80. The van der Waals surface area contributed by atoms with Crippen LogP contribution in [0.5, 0.6) is 0 Å². The third-order valence-electron chi connectivity index (χ3n) is 2.75. The van der Waals surface area contributed by atoms with Crippen LogP contribution in [0.4, 0.5) is 0 Å². The molecule has 2 aromatic heterocycles. The van der Waals surface area contributed by atoms with Gasteiger partial charge in [0.1, 0.15) is 5.65 Å². The maximum absolute atomic E-state index is 10.7. The van der Waals surface area contributed by atoms with E-state index in [2.05, 4.69) is 4.98 Å². The van der Waals surface area contributed by atoms with Gasteiger partial charge in [-0.3, -0.25) is 4.79 Å². The first-order valence-corrected chi connectivity index (χ1v) is 5.32. The highest BCUT2D eigenvalue weighted by molar-refractivity contribution is 5.69. The molecule has 1 unspecified atom stereocenters. The normalized spacial score (nSPS) is 12.8. The first-order valence-electron chi connectivity index (χ1n) is 5.32. The lowest BCUT2D eigenvalue weighted by Gasteiger charge is -2.05. The Hall–Kier alpha value is -1.84. The Morgan fingerprint density at radius 3 is 3.12 bits per heavy atom. The van der Waals surface area contributed by atoms with Gasteiger partial charge in [0.25, 0.3) is 0 Å². The Morgan fingerprint density at radius 2 is 2.38 bits per heavy atom. The number of hydrogen-bond acceptors (Lipinski definition) is 2. The number of carboxylic acid groups (broad SMARTS) is 1. The van der Waals surface area contributed by atoms with Crippen molar-refractivity contribution in [3.05, 3.63) is 36.3 Å². The molecule has 0 fully saturated rings. The Balaban J connectivity index is 2.13. The minimum Gasteiger partial charge on any atom is -0.481 e. The summed E-state index contributed by atoms with van der Waals surface area (Å²) >= 11 is 0. The number of pyridine rings is 1. The van der Waals surface area contributed by atoms with Crippen LogP contribution in [0, 0.1) is 5.92 Å². The molecule has 0 bridgehead atoms. The van der Waals surface area contributed by atoms with E-state index < -0.39 is 5.97 Å². The van der Waals surface area contributed by atoms with Gasteiger partial charge in [0.15, 0.2) is 0 Å². The lowest BCUT2D eigenvalue weighted by atomic mass is 10.1. The van der Waals surface area contributed by atoms with Gasteiger partial charge < -0.3 is 9.51 Å². The largest absolute Gasteiger partial charge is 0.481 e. The molecule has 2 aromatic rings. The number of fused-ring (bicyclic) bond motifs is 1.